The van der Waals surface area contributed by atoms with Gasteiger partial charge in [0.2, 0.25) is 0 Å². The molecule has 0 atom stereocenters. The van der Waals surface area contributed by atoms with E-state index in [0.717, 1.165) is 0 Å². The third kappa shape index (κ3) is 2.72. The zero-order valence-corrected chi connectivity index (χ0v) is 4.78. The Balaban J connectivity index is 0.000000810. The molecule has 2 nitrogen and oxygen atoms in total. The van der Waals surface area contributed by atoms with Gasteiger partial charge in [-0.15, -0.1) is 0 Å². The van der Waals surface area contributed by atoms with E-state index in [1.54, 1.807) is 24.3 Å². The normalized spacial score (nSPS) is 7.60. The maximum absolute atomic E-state index is 9.75. The van der Waals surface area contributed by atoms with Crippen molar-refractivity contribution in [3.8, 4) is 5.75 Å². The van der Waals surface area contributed by atoms with Gasteiger partial charge in [0.05, 0.1) is 0 Å². The molecule has 0 saturated carbocycles. The first-order valence-corrected chi connectivity index (χ1v) is 2.59. The van der Waals surface area contributed by atoms with Crippen LogP contribution in [0.25, 0.3) is 0 Å². The summed E-state index contributed by atoms with van der Waals surface area (Å²) in [5, 5.41) is 0. The van der Waals surface area contributed by atoms with Gasteiger partial charge in [0.1, 0.15) is 5.75 Å². The third-order valence-electron chi connectivity index (χ3n) is 0.927. The molecular formula is C7H7LiO2. The maximum atomic E-state index is 9.75. The van der Waals surface area contributed by atoms with Crippen molar-refractivity contribution in [2.75, 3.05) is 0 Å². The number of hydrogen-bond donors (Lipinski definition) is 0. The fraction of sp³-hybridized carbons (Fsp3) is 0. The van der Waals surface area contributed by atoms with Gasteiger partial charge in [-0.05, 0) is 12.1 Å². The molecule has 0 heterocycles. The van der Waals surface area contributed by atoms with Crippen LogP contribution in [0.4, 0.5) is 0 Å². The standard InChI is InChI=1S/C7H6O2.Li.H/c8-6-9-7-4-2-1-3-5-7;;/h1-6H;;. The summed E-state index contributed by atoms with van der Waals surface area (Å²) in [6, 6.07) is 8.90. The zero-order valence-electron chi connectivity index (χ0n) is 4.78. The molecule has 0 fully saturated rings. The SMILES string of the molecule is O=COc1ccccc1.[LiH]. The summed E-state index contributed by atoms with van der Waals surface area (Å²) in [5.74, 6) is 0.576. The average molecular weight is 130 g/mol. The predicted molar refractivity (Wildman–Crippen MR) is 40.3 cm³/mol. The summed E-state index contributed by atoms with van der Waals surface area (Å²) in [5.41, 5.74) is 0. The van der Waals surface area contributed by atoms with Gasteiger partial charge >= 0.3 is 18.9 Å². The Hall–Kier alpha value is -0.713. The molecule has 48 valence electrons. The van der Waals surface area contributed by atoms with Crippen LogP contribution in [0.5, 0.6) is 5.75 Å². The molecule has 0 unspecified atom stereocenters. The number of benzene rings is 1. The Morgan fingerprint density at radius 1 is 1.20 bits per heavy atom. The Bertz CT molecular complexity index is 186. The van der Waals surface area contributed by atoms with Crippen molar-refractivity contribution in [2.45, 2.75) is 0 Å². The summed E-state index contributed by atoms with van der Waals surface area (Å²) < 4.78 is 4.53. The van der Waals surface area contributed by atoms with E-state index in [1.165, 1.54) is 0 Å². The van der Waals surface area contributed by atoms with Gasteiger partial charge in [-0.25, -0.2) is 0 Å². The van der Waals surface area contributed by atoms with Crippen LogP contribution in [0.3, 0.4) is 0 Å². The van der Waals surface area contributed by atoms with Gasteiger partial charge in [0, 0.05) is 0 Å². The molecule has 0 N–H and O–H groups in total. The predicted octanol–water partition coefficient (Wildman–Crippen LogP) is 0.573. The van der Waals surface area contributed by atoms with E-state index in [0.29, 0.717) is 12.2 Å². The van der Waals surface area contributed by atoms with Crippen LogP contribution in [0.15, 0.2) is 30.3 Å². The van der Waals surface area contributed by atoms with Gasteiger partial charge < -0.3 is 4.74 Å². The van der Waals surface area contributed by atoms with Crippen LogP contribution in [-0.4, -0.2) is 25.3 Å². The summed E-state index contributed by atoms with van der Waals surface area (Å²) in [6.07, 6.45) is 0. The molecule has 10 heavy (non-hydrogen) atoms. The first-order chi connectivity index (χ1) is 4.43. The molecule has 0 amide bonds. The number of para-hydroxylation sites is 1. The monoisotopic (exact) mass is 130 g/mol. The topological polar surface area (TPSA) is 26.3 Å². The van der Waals surface area contributed by atoms with Crippen molar-refractivity contribution in [2.24, 2.45) is 0 Å². The molecule has 1 rings (SSSR count). The van der Waals surface area contributed by atoms with Gasteiger partial charge in [0.25, 0.3) is 6.47 Å². The quantitative estimate of drug-likeness (QED) is 0.432. The minimum absolute atomic E-state index is 0. The molecule has 0 bridgehead atoms. The van der Waals surface area contributed by atoms with E-state index in [9.17, 15) is 4.79 Å². The third-order valence-corrected chi connectivity index (χ3v) is 0.927. The fourth-order valence-electron chi connectivity index (χ4n) is 0.555. The Morgan fingerprint density at radius 2 is 1.80 bits per heavy atom. The molecule has 0 aromatic heterocycles. The van der Waals surface area contributed by atoms with Crippen molar-refractivity contribution < 1.29 is 9.53 Å². The van der Waals surface area contributed by atoms with E-state index >= 15 is 0 Å². The van der Waals surface area contributed by atoms with E-state index in [2.05, 4.69) is 4.74 Å². The van der Waals surface area contributed by atoms with Crippen molar-refractivity contribution >= 4 is 25.3 Å². The number of carbonyl (C=O) groups excluding carboxylic acids is 1. The molecule has 0 aliphatic rings. The molecule has 0 saturated heterocycles. The van der Waals surface area contributed by atoms with E-state index < -0.39 is 0 Å². The fourth-order valence-corrected chi connectivity index (χ4v) is 0.555. The van der Waals surface area contributed by atoms with Gasteiger partial charge in [-0.3, -0.25) is 4.79 Å². The van der Waals surface area contributed by atoms with Crippen LogP contribution in [0, 0.1) is 0 Å². The van der Waals surface area contributed by atoms with Crippen molar-refractivity contribution in [3.05, 3.63) is 30.3 Å². The van der Waals surface area contributed by atoms with E-state index in [4.69, 9.17) is 0 Å². The van der Waals surface area contributed by atoms with Crippen LogP contribution >= 0.6 is 0 Å². The zero-order chi connectivity index (χ0) is 6.53. The number of ether oxygens (including phenoxy) is 1. The van der Waals surface area contributed by atoms with Crippen LogP contribution < -0.4 is 4.74 Å². The summed E-state index contributed by atoms with van der Waals surface area (Å²) in [6.45, 7) is 0.412. The Kier molecular flexibility index (Phi) is 4.74. The molecule has 0 radical (unpaired) electrons. The van der Waals surface area contributed by atoms with Crippen molar-refractivity contribution in [1.29, 1.82) is 0 Å². The van der Waals surface area contributed by atoms with Gasteiger partial charge in [-0.2, -0.15) is 0 Å². The summed E-state index contributed by atoms with van der Waals surface area (Å²) >= 11 is 0. The molecule has 0 aliphatic heterocycles. The molecule has 3 heteroatoms. The first kappa shape index (κ1) is 9.29. The van der Waals surface area contributed by atoms with Crippen LogP contribution in [0.2, 0.25) is 0 Å². The Labute approximate surface area is 71.4 Å². The number of carbonyl (C=O) groups is 1. The summed E-state index contributed by atoms with van der Waals surface area (Å²) in [4.78, 5) is 9.75. The second kappa shape index (κ2) is 5.10. The molecule has 1 aromatic rings. The molecule has 0 aliphatic carbocycles. The minimum atomic E-state index is 0. The number of hydrogen-bond acceptors (Lipinski definition) is 2. The second-order valence-corrected chi connectivity index (χ2v) is 1.53. The van der Waals surface area contributed by atoms with Gasteiger partial charge in [-0.1, -0.05) is 18.2 Å². The van der Waals surface area contributed by atoms with Gasteiger partial charge in [0.15, 0.2) is 0 Å². The summed E-state index contributed by atoms with van der Waals surface area (Å²) in [7, 11) is 0. The second-order valence-electron chi connectivity index (χ2n) is 1.53. The average Bonchev–Trinajstić information content (AvgIpc) is 1.91. The van der Waals surface area contributed by atoms with E-state index in [1.807, 2.05) is 6.07 Å². The van der Waals surface area contributed by atoms with Crippen LogP contribution in [-0.2, 0) is 4.79 Å². The molecular weight excluding hydrogens is 123 g/mol. The van der Waals surface area contributed by atoms with E-state index in [-0.39, 0.29) is 18.9 Å². The number of rotatable bonds is 2. The molecule has 0 spiro atoms. The van der Waals surface area contributed by atoms with Crippen molar-refractivity contribution in [3.63, 3.8) is 0 Å². The Morgan fingerprint density at radius 3 is 2.30 bits per heavy atom. The van der Waals surface area contributed by atoms with Crippen molar-refractivity contribution in [1.82, 2.24) is 0 Å². The van der Waals surface area contributed by atoms with Crippen LogP contribution in [0.1, 0.15) is 0 Å². The molecule has 1 aromatic carbocycles. The first-order valence-electron chi connectivity index (χ1n) is 2.59.